The van der Waals surface area contributed by atoms with E-state index in [1.165, 1.54) is 6.21 Å². The summed E-state index contributed by atoms with van der Waals surface area (Å²) in [6, 6.07) is 3.58. The van der Waals surface area contributed by atoms with Gasteiger partial charge in [0.25, 0.3) is 5.91 Å². The van der Waals surface area contributed by atoms with Gasteiger partial charge in [-0.3, -0.25) is 9.48 Å². The van der Waals surface area contributed by atoms with Crippen molar-refractivity contribution in [2.24, 2.45) is 12.1 Å². The third kappa shape index (κ3) is 2.86. The van der Waals surface area contributed by atoms with Gasteiger partial charge in [-0.25, -0.2) is 5.43 Å². The minimum absolute atomic E-state index is 0.283. The summed E-state index contributed by atoms with van der Waals surface area (Å²) in [5.41, 5.74) is 2.66. The van der Waals surface area contributed by atoms with Crippen LogP contribution >= 0.6 is 15.9 Å². The molecule has 0 saturated carbocycles. The average Bonchev–Trinajstić information content (AvgIpc) is 2.85. The van der Waals surface area contributed by atoms with E-state index in [4.69, 9.17) is 4.42 Å². The van der Waals surface area contributed by atoms with E-state index >= 15 is 0 Å². The molecule has 0 spiro atoms. The first kappa shape index (κ1) is 12.6. The maximum absolute atomic E-state index is 11.7. The standard InChI is InChI=1S/C11H11BrN4O2/c1-7-3-4-8(18-7)5-13-14-11(17)10-9(12)6-16(2)15-10/h3-6H,1-2H3,(H,14,17)/b13-5-. The Bertz CT molecular complexity index is 600. The predicted molar refractivity (Wildman–Crippen MR) is 69.4 cm³/mol. The van der Waals surface area contributed by atoms with Gasteiger partial charge in [0.05, 0.1) is 10.7 Å². The highest BCUT2D eigenvalue weighted by Crippen LogP contribution is 2.13. The second-order valence-electron chi connectivity index (χ2n) is 3.65. The molecule has 1 amide bonds. The summed E-state index contributed by atoms with van der Waals surface area (Å²) in [5.74, 6) is 0.977. The molecule has 2 aromatic rings. The first-order valence-electron chi connectivity index (χ1n) is 5.15. The fraction of sp³-hybridized carbons (Fsp3) is 0.182. The van der Waals surface area contributed by atoms with Crippen molar-refractivity contribution in [1.82, 2.24) is 15.2 Å². The molecule has 0 radical (unpaired) electrons. The molecule has 0 aliphatic carbocycles. The van der Waals surface area contributed by atoms with Gasteiger partial charge in [-0.2, -0.15) is 10.2 Å². The molecule has 0 bridgehead atoms. The van der Waals surface area contributed by atoms with E-state index in [2.05, 4.69) is 31.6 Å². The van der Waals surface area contributed by atoms with Crippen LogP contribution in [0.15, 0.2) is 32.3 Å². The third-order valence-corrected chi connectivity index (χ3v) is 2.70. The molecule has 0 aliphatic heterocycles. The molecular formula is C11H11BrN4O2. The maximum atomic E-state index is 11.7. The first-order chi connectivity index (χ1) is 8.56. The van der Waals surface area contributed by atoms with Crippen LogP contribution < -0.4 is 5.43 Å². The van der Waals surface area contributed by atoms with Gasteiger partial charge in [0.2, 0.25) is 0 Å². The average molecular weight is 311 g/mol. The zero-order chi connectivity index (χ0) is 13.1. The Morgan fingerprint density at radius 2 is 2.39 bits per heavy atom. The van der Waals surface area contributed by atoms with Gasteiger partial charge in [0, 0.05) is 13.2 Å². The second kappa shape index (κ2) is 5.18. The number of carbonyl (C=O) groups excluding carboxylic acids is 1. The smallest absolute Gasteiger partial charge is 0.293 e. The molecule has 94 valence electrons. The number of carbonyl (C=O) groups is 1. The van der Waals surface area contributed by atoms with Crippen molar-refractivity contribution in [3.8, 4) is 0 Å². The lowest BCUT2D eigenvalue weighted by Crippen LogP contribution is -2.18. The molecule has 0 aromatic carbocycles. The number of hydrogen-bond donors (Lipinski definition) is 1. The molecule has 2 rings (SSSR count). The zero-order valence-electron chi connectivity index (χ0n) is 9.85. The van der Waals surface area contributed by atoms with Gasteiger partial charge in [-0.15, -0.1) is 0 Å². The number of hydrogen-bond acceptors (Lipinski definition) is 4. The summed E-state index contributed by atoms with van der Waals surface area (Å²) in [5, 5.41) is 7.79. The number of rotatable bonds is 3. The molecule has 0 unspecified atom stereocenters. The summed E-state index contributed by atoms with van der Waals surface area (Å²) in [4.78, 5) is 11.7. The normalized spacial score (nSPS) is 11.1. The predicted octanol–water partition coefficient (Wildman–Crippen LogP) is 1.85. The number of nitrogens with zero attached hydrogens (tertiary/aromatic N) is 3. The van der Waals surface area contributed by atoms with Crippen LogP contribution in [0.3, 0.4) is 0 Å². The van der Waals surface area contributed by atoms with Crippen molar-refractivity contribution in [3.63, 3.8) is 0 Å². The number of nitrogens with one attached hydrogen (secondary N) is 1. The van der Waals surface area contributed by atoms with Gasteiger partial charge < -0.3 is 4.42 Å². The number of halogens is 1. The van der Waals surface area contributed by atoms with Crippen molar-refractivity contribution in [2.75, 3.05) is 0 Å². The Morgan fingerprint density at radius 1 is 1.61 bits per heavy atom. The third-order valence-electron chi connectivity index (χ3n) is 2.12. The quantitative estimate of drug-likeness (QED) is 0.694. The zero-order valence-corrected chi connectivity index (χ0v) is 11.4. The van der Waals surface area contributed by atoms with Crippen LogP contribution in [-0.4, -0.2) is 21.9 Å². The fourth-order valence-corrected chi connectivity index (χ4v) is 1.90. The van der Waals surface area contributed by atoms with E-state index in [0.29, 0.717) is 10.2 Å². The lowest BCUT2D eigenvalue weighted by Gasteiger charge is -1.95. The minimum Gasteiger partial charge on any atom is -0.460 e. The molecular weight excluding hydrogens is 300 g/mol. The van der Waals surface area contributed by atoms with Crippen LogP contribution in [-0.2, 0) is 7.05 Å². The summed E-state index contributed by atoms with van der Waals surface area (Å²) < 4.78 is 7.43. The monoisotopic (exact) mass is 310 g/mol. The largest absolute Gasteiger partial charge is 0.460 e. The van der Waals surface area contributed by atoms with Crippen LogP contribution in [0.25, 0.3) is 0 Å². The van der Waals surface area contributed by atoms with Crippen molar-refractivity contribution in [1.29, 1.82) is 0 Å². The van der Waals surface area contributed by atoms with Crippen LogP contribution in [0.5, 0.6) is 0 Å². The fourth-order valence-electron chi connectivity index (χ4n) is 1.34. The Labute approximate surface area is 112 Å². The van der Waals surface area contributed by atoms with Gasteiger partial charge >= 0.3 is 0 Å². The molecule has 18 heavy (non-hydrogen) atoms. The highest BCUT2D eigenvalue weighted by atomic mass is 79.9. The van der Waals surface area contributed by atoms with E-state index in [1.54, 1.807) is 24.0 Å². The highest BCUT2D eigenvalue weighted by Gasteiger charge is 2.13. The van der Waals surface area contributed by atoms with Crippen LogP contribution in [0.2, 0.25) is 0 Å². The van der Waals surface area contributed by atoms with Crippen LogP contribution in [0, 0.1) is 6.92 Å². The van der Waals surface area contributed by atoms with Gasteiger partial charge in [0.15, 0.2) is 5.69 Å². The maximum Gasteiger partial charge on any atom is 0.293 e. The van der Waals surface area contributed by atoms with Gasteiger partial charge in [-0.05, 0) is 35.0 Å². The van der Waals surface area contributed by atoms with Crippen molar-refractivity contribution in [2.45, 2.75) is 6.92 Å². The van der Waals surface area contributed by atoms with E-state index in [1.807, 2.05) is 13.0 Å². The Morgan fingerprint density at radius 3 is 2.94 bits per heavy atom. The molecule has 2 heterocycles. The molecule has 2 aromatic heterocycles. The van der Waals surface area contributed by atoms with E-state index in [9.17, 15) is 4.79 Å². The van der Waals surface area contributed by atoms with E-state index in [-0.39, 0.29) is 11.6 Å². The SMILES string of the molecule is Cc1ccc(/C=N\NC(=O)c2nn(C)cc2Br)o1. The molecule has 1 N–H and O–H groups in total. The Balaban J connectivity index is 2.00. The number of furan rings is 1. The topological polar surface area (TPSA) is 72.4 Å². The van der Waals surface area contributed by atoms with Crippen LogP contribution in [0.1, 0.15) is 22.0 Å². The van der Waals surface area contributed by atoms with E-state index < -0.39 is 0 Å². The molecule has 7 heteroatoms. The minimum atomic E-state index is -0.387. The summed E-state index contributed by atoms with van der Waals surface area (Å²) in [7, 11) is 1.73. The number of aromatic nitrogens is 2. The Kier molecular flexibility index (Phi) is 3.61. The molecule has 0 saturated heterocycles. The summed E-state index contributed by atoms with van der Waals surface area (Å²) in [6.45, 7) is 1.83. The first-order valence-corrected chi connectivity index (χ1v) is 5.94. The second-order valence-corrected chi connectivity index (χ2v) is 4.50. The lowest BCUT2D eigenvalue weighted by molar-refractivity contribution is 0.0948. The number of hydrazone groups is 1. The van der Waals surface area contributed by atoms with Crippen molar-refractivity contribution < 1.29 is 9.21 Å². The van der Waals surface area contributed by atoms with E-state index in [0.717, 1.165) is 5.76 Å². The highest BCUT2D eigenvalue weighted by molar-refractivity contribution is 9.10. The molecule has 0 aliphatic rings. The lowest BCUT2D eigenvalue weighted by atomic mass is 10.4. The van der Waals surface area contributed by atoms with Crippen molar-refractivity contribution in [3.05, 3.63) is 40.0 Å². The van der Waals surface area contributed by atoms with Crippen LogP contribution in [0.4, 0.5) is 0 Å². The molecule has 6 nitrogen and oxygen atoms in total. The van der Waals surface area contributed by atoms with Crippen molar-refractivity contribution >= 4 is 28.1 Å². The summed E-state index contributed by atoms with van der Waals surface area (Å²) >= 11 is 3.24. The Hall–Kier alpha value is -1.89. The van der Waals surface area contributed by atoms with Gasteiger partial charge in [0.1, 0.15) is 11.5 Å². The summed E-state index contributed by atoms with van der Waals surface area (Å²) in [6.07, 6.45) is 3.12. The number of aryl methyl sites for hydroxylation is 2. The van der Waals surface area contributed by atoms with Gasteiger partial charge in [-0.1, -0.05) is 0 Å². The number of amides is 1. The molecule has 0 atom stereocenters. The molecule has 0 fully saturated rings.